The minimum Gasteiger partial charge on any atom is -0.367 e. The maximum absolute atomic E-state index is 6.33. The fourth-order valence-corrected chi connectivity index (χ4v) is 5.05. The summed E-state index contributed by atoms with van der Waals surface area (Å²) in [7, 11) is 0. The average Bonchev–Trinajstić information content (AvgIpc) is 2.94. The molecule has 0 saturated heterocycles. The minimum absolute atomic E-state index is 0.435. The number of aromatic nitrogens is 2. The topological polar surface area (TPSA) is 142 Å². The molecule has 2 aromatic rings. The molecule has 0 aliphatic heterocycles. The Labute approximate surface area is 138 Å². The molecule has 2 aliphatic rings. The average molecular weight is 333 g/mol. The molecule has 4 rings (SSSR count). The normalized spacial score (nSPS) is 23.1. The van der Waals surface area contributed by atoms with Crippen LogP contribution in [-0.4, -0.2) is 21.7 Å². The monoisotopic (exact) mass is 333 g/mol. The van der Waals surface area contributed by atoms with Gasteiger partial charge in [0, 0.05) is 22.9 Å². The van der Waals surface area contributed by atoms with Crippen LogP contribution >= 0.6 is 11.3 Å². The van der Waals surface area contributed by atoms with Crippen LogP contribution in [-0.2, 0) is 12.1 Å². The lowest BCUT2D eigenvalue weighted by Gasteiger charge is -2.34. The van der Waals surface area contributed by atoms with Gasteiger partial charge in [-0.15, -0.1) is 11.3 Å². The predicted octanol–water partition coefficient (Wildman–Crippen LogP) is 0.676. The second kappa shape index (κ2) is 5.09. The molecule has 124 valence electrons. The quantitative estimate of drug-likeness (QED) is 0.508. The van der Waals surface area contributed by atoms with Crippen molar-refractivity contribution < 1.29 is 0 Å². The van der Waals surface area contributed by atoms with Gasteiger partial charge in [0.2, 0.25) is 0 Å². The summed E-state index contributed by atoms with van der Waals surface area (Å²) in [6.07, 6.45) is 8.17. The molecule has 0 radical (unpaired) electrons. The maximum Gasteiger partial charge on any atom is 0.138 e. The van der Waals surface area contributed by atoms with Gasteiger partial charge in [0.15, 0.2) is 0 Å². The van der Waals surface area contributed by atoms with E-state index in [1.165, 1.54) is 19.3 Å². The molecule has 2 heterocycles. The summed E-state index contributed by atoms with van der Waals surface area (Å²) in [6.45, 7) is 0. The molecule has 1 fully saturated rings. The Hall–Kier alpha value is -1.32. The first-order valence-electron chi connectivity index (χ1n) is 8.09. The molecule has 8 heteroatoms. The Balaban J connectivity index is 1.81. The molecule has 0 atom stereocenters. The van der Waals surface area contributed by atoms with Crippen LogP contribution in [0, 0.1) is 0 Å². The van der Waals surface area contributed by atoms with Crippen LogP contribution < -0.4 is 28.3 Å². The zero-order valence-electron chi connectivity index (χ0n) is 13.0. The molecule has 7 nitrogen and oxygen atoms in total. The Bertz CT molecular complexity index is 746. The minimum atomic E-state index is -1.28. The molecule has 0 unspecified atom stereocenters. The Morgan fingerprint density at radius 1 is 1.09 bits per heavy atom. The third-order valence-corrected chi connectivity index (χ3v) is 6.24. The molecule has 0 aromatic carbocycles. The Morgan fingerprint density at radius 3 is 2.57 bits per heavy atom. The van der Waals surface area contributed by atoms with Crippen LogP contribution in [0.25, 0.3) is 10.2 Å². The highest BCUT2D eigenvalue weighted by atomic mass is 32.1. The number of hydrogen-bond donors (Lipinski definition) is 5. The van der Waals surface area contributed by atoms with E-state index < -0.39 is 11.3 Å². The molecule has 9 N–H and O–H groups in total. The summed E-state index contributed by atoms with van der Waals surface area (Å²) in [5.41, 5.74) is 23.3. The van der Waals surface area contributed by atoms with Gasteiger partial charge >= 0.3 is 0 Å². The number of rotatable bonds is 2. The summed E-state index contributed by atoms with van der Waals surface area (Å²) in [5.74, 6) is 0.803. The number of hydrogen-bond acceptors (Lipinski definition) is 8. The largest absolute Gasteiger partial charge is 0.367 e. The highest BCUT2D eigenvalue weighted by molar-refractivity contribution is 7.19. The van der Waals surface area contributed by atoms with Crippen molar-refractivity contribution in [2.45, 2.75) is 55.9 Å². The zero-order chi connectivity index (χ0) is 16.2. The van der Waals surface area contributed by atoms with Gasteiger partial charge < -0.3 is 28.3 Å². The van der Waals surface area contributed by atoms with Crippen LogP contribution in [0.4, 0.5) is 5.82 Å². The number of nitrogens with one attached hydrogen (secondary N) is 1. The lowest BCUT2D eigenvalue weighted by atomic mass is 9.94. The second-order valence-corrected chi connectivity index (χ2v) is 7.95. The lowest BCUT2D eigenvalue weighted by Crippen LogP contribution is -2.71. The molecule has 1 saturated carbocycles. The SMILES string of the molecule is NC1(N)Cc2sc3ncnc(NC4CCCCC4)c3c2C1(N)N. The first kappa shape index (κ1) is 15.2. The van der Waals surface area contributed by atoms with Crippen molar-refractivity contribution in [3.8, 4) is 0 Å². The van der Waals surface area contributed by atoms with E-state index in [-0.39, 0.29) is 0 Å². The van der Waals surface area contributed by atoms with Crippen molar-refractivity contribution in [3.05, 3.63) is 16.8 Å². The van der Waals surface area contributed by atoms with Crippen LogP contribution in [0.15, 0.2) is 6.33 Å². The summed E-state index contributed by atoms with van der Waals surface area (Å²) in [6, 6.07) is 0.435. The predicted molar refractivity (Wildman–Crippen MR) is 92.8 cm³/mol. The van der Waals surface area contributed by atoms with E-state index in [1.54, 1.807) is 17.7 Å². The van der Waals surface area contributed by atoms with Crippen LogP contribution in [0.5, 0.6) is 0 Å². The number of nitrogens with two attached hydrogens (primary N) is 4. The Kier molecular flexibility index (Phi) is 3.37. The molecular formula is C15H23N7S. The van der Waals surface area contributed by atoms with Gasteiger partial charge in [0.25, 0.3) is 0 Å². The van der Waals surface area contributed by atoms with Crippen molar-refractivity contribution in [2.75, 3.05) is 5.32 Å². The number of anilines is 1. The van der Waals surface area contributed by atoms with E-state index in [0.29, 0.717) is 12.5 Å². The van der Waals surface area contributed by atoms with Crippen LogP contribution in [0.2, 0.25) is 0 Å². The smallest absolute Gasteiger partial charge is 0.138 e. The van der Waals surface area contributed by atoms with Gasteiger partial charge in [-0.25, -0.2) is 9.97 Å². The number of thiophene rings is 1. The third-order valence-electron chi connectivity index (χ3n) is 5.14. The van der Waals surface area contributed by atoms with Crippen LogP contribution in [0.1, 0.15) is 42.5 Å². The molecule has 2 aromatic heterocycles. The molecule has 0 bridgehead atoms. The van der Waals surface area contributed by atoms with Crippen LogP contribution in [0.3, 0.4) is 0 Å². The summed E-state index contributed by atoms with van der Waals surface area (Å²) in [5, 5.41) is 4.46. The van der Waals surface area contributed by atoms with Crippen molar-refractivity contribution >= 4 is 27.4 Å². The van der Waals surface area contributed by atoms with E-state index in [2.05, 4.69) is 15.3 Å². The first-order valence-corrected chi connectivity index (χ1v) is 8.91. The fourth-order valence-electron chi connectivity index (χ4n) is 3.74. The standard InChI is InChI=1S/C15H23N7S/c16-14(17)6-9-11(15(14,18)19)10-12(20-7-21-13(10)23-9)22-8-4-2-1-3-5-8/h7-8H,1-6,16-19H2,(H,20,21,22). The molecule has 23 heavy (non-hydrogen) atoms. The Morgan fingerprint density at radius 2 is 1.83 bits per heavy atom. The number of nitrogens with zero attached hydrogens (tertiary/aromatic N) is 2. The van der Waals surface area contributed by atoms with E-state index in [1.807, 2.05) is 0 Å². The lowest BCUT2D eigenvalue weighted by molar-refractivity contribution is 0.261. The fraction of sp³-hybridized carbons (Fsp3) is 0.600. The zero-order valence-corrected chi connectivity index (χ0v) is 13.8. The van der Waals surface area contributed by atoms with E-state index in [0.717, 1.165) is 39.3 Å². The summed E-state index contributed by atoms with van der Waals surface area (Å²) < 4.78 is 0. The van der Waals surface area contributed by atoms with Crippen molar-refractivity contribution in [3.63, 3.8) is 0 Å². The maximum atomic E-state index is 6.33. The van der Waals surface area contributed by atoms with Crippen molar-refractivity contribution in [1.82, 2.24) is 9.97 Å². The molecule has 0 spiro atoms. The van der Waals surface area contributed by atoms with Gasteiger partial charge in [-0.3, -0.25) is 0 Å². The van der Waals surface area contributed by atoms with E-state index >= 15 is 0 Å². The van der Waals surface area contributed by atoms with Gasteiger partial charge in [-0.05, 0) is 12.8 Å². The van der Waals surface area contributed by atoms with Crippen molar-refractivity contribution in [1.29, 1.82) is 0 Å². The van der Waals surface area contributed by atoms with Crippen molar-refractivity contribution in [2.24, 2.45) is 22.9 Å². The summed E-state index contributed by atoms with van der Waals surface area (Å²) in [4.78, 5) is 10.7. The van der Waals surface area contributed by atoms with Gasteiger partial charge in [0.05, 0.1) is 5.39 Å². The van der Waals surface area contributed by atoms with Gasteiger partial charge in [-0.1, -0.05) is 19.3 Å². The second-order valence-electron chi connectivity index (χ2n) is 6.87. The summed E-state index contributed by atoms with van der Waals surface area (Å²) >= 11 is 1.56. The molecular weight excluding hydrogens is 310 g/mol. The highest BCUT2D eigenvalue weighted by Crippen LogP contribution is 2.46. The molecule has 2 aliphatic carbocycles. The van der Waals surface area contributed by atoms with E-state index in [4.69, 9.17) is 22.9 Å². The first-order chi connectivity index (χ1) is 10.9. The molecule has 0 amide bonds. The van der Waals surface area contributed by atoms with Gasteiger partial charge in [0.1, 0.15) is 28.3 Å². The number of fused-ring (bicyclic) bond motifs is 3. The van der Waals surface area contributed by atoms with Gasteiger partial charge in [-0.2, -0.15) is 0 Å². The third kappa shape index (κ3) is 2.25. The highest BCUT2D eigenvalue weighted by Gasteiger charge is 2.51. The van der Waals surface area contributed by atoms with E-state index in [9.17, 15) is 0 Å².